The normalized spacial score (nSPS) is 20.2. The van der Waals surface area contributed by atoms with Gasteiger partial charge in [-0.15, -0.1) is 0 Å². The monoisotopic (exact) mass is 270 g/mol. The zero-order chi connectivity index (χ0) is 14.6. The van der Waals surface area contributed by atoms with E-state index in [0.29, 0.717) is 0 Å². The first-order chi connectivity index (χ1) is 8.73. The smallest absolute Gasteiger partial charge is 0.317 e. The molecular formula is C14H26N2O3. The van der Waals surface area contributed by atoms with Crippen molar-refractivity contribution in [2.24, 2.45) is 17.3 Å². The van der Waals surface area contributed by atoms with Crippen LogP contribution in [0.25, 0.3) is 0 Å². The standard InChI is InChI=1S/C14H26N2O3/c1-10(2)11(12(17)18)8-15-13(19)16-7-5-6-14(3,4)9-16/h10-11H,5-9H2,1-4H3,(H,15,19)(H,17,18). The zero-order valence-electron chi connectivity index (χ0n) is 12.4. The lowest BCUT2D eigenvalue weighted by Gasteiger charge is -2.38. The van der Waals surface area contributed by atoms with Crippen molar-refractivity contribution in [2.45, 2.75) is 40.5 Å². The second-order valence-corrected chi connectivity index (χ2v) is 6.56. The van der Waals surface area contributed by atoms with Crippen molar-refractivity contribution in [2.75, 3.05) is 19.6 Å². The first kappa shape index (κ1) is 15.8. The third-order valence-corrected chi connectivity index (χ3v) is 3.78. The molecule has 0 aromatic rings. The summed E-state index contributed by atoms with van der Waals surface area (Å²) in [5, 5.41) is 11.8. The molecule has 1 aliphatic rings. The summed E-state index contributed by atoms with van der Waals surface area (Å²) in [5.41, 5.74) is 0.153. The van der Waals surface area contributed by atoms with Gasteiger partial charge in [0.15, 0.2) is 0 Å². The summed E-state index contributed by atoms with van der Waals surface area (Å²) in [5.74, 6) is -1.37. The van der Waals surface area contributed by atoms with Gasteiger partial charge in [0.2, 0.25) is 0 Å². The lowest BCUT2D eigenvalue weighted by Crippen LogP contribution is -2.49. The number of nitrogens with one attached hydrogen (secondary N) is 1. The van der Waals surface area contributed by atoms with Crippen LogP contribution >= 0.6 is 0 Å². The third-order valence-electron chi connectivity index (χ3n) is 3.78. The SMILES string of the molecule is CC(C)C(CNC(=O)N1CCCC(C)(C)C1)C(=O)O. The minimum atomic E-state index is -0.853. The van der Waals surface area contributed by atoms with Crippen molar-refractivity contribution in [1.82, 2.24) is 10.2 Å². The van der Waals surface area contributed by atoms with E-state index in [1.807, 2.05) is 13.8 Å². The highest BCUT2D eigenvalue weighted by Crippen LogP contribution is 2.28. The van der Waals surface area contributed by atoms with Gasteiger partial charge < -0.3 is 15.3 Å². The lowest BCUT2D eigenvalue weighted by atomic mass is 9.84. The quantitative estimate of drug-likeness (QED) is 0.822. The molecule has 1 atom stereocenters. The van der Waals surface area contributed by atoms with E-state index in [4.69, 9.17) is 5.11 Å². The molecule has 1 heterocycles. The largest absolute Gasteiger partial charge is 0.481 e. The summed E-state index contributed by atoms with van der Waals surface area (Å²) in [4.78, 5) is 24.9. The van der Waals surface area contributed by atoms with Crippen LogP contribution in [-0.2, 0) is 4.79 Å². The number of carbonyl (C=O) groups is 2. The molecule has 1 unspecified atom stereocenters. The van der Waals surface area contributed by atoms with Gasteiger partial charge in [0.1, 0.15) is 0 Å². The highest BCUT2D eigenvalue weighted by Gasteiger charge is 2.30. The number of carbonyl (C=O) groups excluding carboxylic acids is 1. The van der Waals surface area contributed by atoms with Gasteiger partial charge in [-0.05, 0) is 24.2 Å². The molecule has 5 nitrogen and oxygen atoms in total. The molecule has 1 saturated heterocycles. The number of amides is 2. The fraction of sp³-hybridized carbons (Fsp3) is 0.857. The molecule has 2 N–H and O–H groups in total. The van der Waals surface area contributed by atoms with E-state index in [9.17, 15) is 9.59 Å². The highest BCUT2D eigenvalue weighted by atomic mass is 16.4. The number of hydrogen-bond donors (Lipinski definition) is 2. The average molecular weight is 270 g/mol. The number of rotatable bonds is 4. The topological polar surface area (TPSA) is 69.6 Å². The Bertz CT molecular complexity index is 340. The van der Waals surface area contributed by atoms with Gasteiger partial charge in [-0.3, -0.25) is 4.79 Å². The first-order valence-electron chi connectivity index (χ1n) is 6.98. The number of urea groups is 1. The van der Waals surface area contributed by atoms with E-state index in [1.165, 1.54) is 0 Å². The number of likely N-dealkylation sites (tertiary alicyclic amines) is 1. The van der Waals surface area contributed by atoms with Gasteiger partial charge in [-0.2, -0.15) is 0 Å². The summed E-state index contributed by atoms with van der Waals surface area (Å²) in [7, 11) is 0. The van der Waals surface area contributed by atoms with E-state index >= 15 is 0 Å². The van der Waals surface area contributed by atoms with Crippen LogP contribution in [0.4, 0.5) is 4.79 Å². The van der Waals surface area contributed by atoms with Crippen molar-refractivity contribution < 1.29 is 14.7 Å². The van der Waals surface area contributed by atoms with Crippen LogP contribution in [0.5, 0.6) is 0 Å². The summed E-state index contributed by atoms with van der Waals surface area (Å²) in [6.07, 6.45) is 2.13. The molecule has 0 aromatic heterocycles. The fourth-order valence-corrected chi connectivity index (χ4v) is 2.51. The summed E-state index contributed by atoms with van der Waals surface area (Å²) >= 11 is 0. The summed E-state index contributed by atoms with van der Waals surface area (Å²) < 4.78 is 0. The van der Waals surface area contributed by atoms with Crippen LogP contribution in [0.15, 0.2) is 0 Å². The number of aliphatic carboxylic acids is 1. The Morgan fingerprint density at radius 1 is 1.37 bits per heavy atom. The Kier molecular flexibility index (Phi) is 5.20. The molecule has 0 aliphatic carbocycles. The van der Waals surface area contributed by atoms with E-state index in [0.717, 1.165) is 25.9 Å². The molecule has 110 valence electrons. The molecule has 0 saturated carbocycles. The molecule has 0 aromatic carbocycles. The summed E-state index contributed by atoms with van der Waals surface area (Å²) in [6, 6.07) is -0.139. The van der Waals surface area contributed by atoms with E-state index in [1.54, 1.807) is 4.90 Å². The number of nitrogens with zero attached hydrogens (tertiary/aromatic N) is 1. The van der Waals surface area contributed by atoms with Crippen molar-refractivity contribution in [3.05, 3.63) is 0 Å². The highest BCUT2D eigenvalue weighted by molar-refractivity contribution is 5.76. The van der Waals surface area contributed by atoms with Gasteiger partial charge in [-0.25, -0.2) is 4.79 Å². The van der Waals surface area contributed by atoms with E-state index in [-0.39, 0.29) is 23.9 Å². The fourth-order valence-electron chi connectivity index (χ4n) is 2.51. The van der Waals surface area contributed by atoms with Crippen LogP contribution in [-0.4, -0.2) is 41.6 Å². The Balaban J connectivity index is 2.48. The predicted molar refractivity (Wildman–Crippen MR) is 74.0 cm³/mol. The van der Waals surface area contributed by atoms with Gasteiger partial charge >= 0.3 is 12.0 Å². The lowest BCUT2D eigenvalue weighted by molar-refractivity contribution is -0.142. The van der Waals surface area contributed by atoms with Crippen molar-refractivity contribution >= 4 is 12.0 Å². The van der Waals surface area contributed by atoms with E-state index in [2.05, 4.69) is 19.2 Å². The number of carboxylic acids is 1. The van der Waals surface area contributed by atoms with Gasteiger partial charge in [0.05, 0.1) is 5.92 Å². The second kappa shape index (κ2) is 6.26. The maximum absolute atomic E-state index is 12.1. The predicted octanol–water partition coefficient (Wildman–Crippen LogP) is 2.17. The molecule has 19 heavy (non-hydrogen) atoms. The van der Waals surface area contributed by atoms with Gasteiger partial charge in [0, 0.05) is 19.6 Å². The first-order valence-corrected chi connectivity index (χ1v) is 6.98. The van der Waals surface area contributed by atoms with Crippen molar-refractivity contribution in [3.8, 4) is 0 Å². The summed E-state index contributed by atoms with van der Waals surface area (Å²) in [6.45, 7) is 9.71. The van der Waals surface area contributed by atoms with Crippen LogP contribution in [0.1, 0.15) is 40.5 Å². The average Bonchev–Trinajstić information content (AvgIpc) is 2.26. The Hall–Kier alpha value is -1.26. The van der Waals surface area contributed by atoms with Crippen LogP contribution in [0, 0.1) is 17.3 Å². The van der Waals surface area contributed by atoms with Crippen LogP contribution in [0.3, 0.4) is 0 Å². The van der Waals surface area contributed by atoms with Gasteiger partial charge in [-0.1, -0.05) is 27.7 Å². The van der Waals surface area contributed by atoms with E-state index < -0.39 is 11.9 Å². The molecule has 0 spiro atoms. The zero-order valence-corrected chi connectivity index (χ0v) is 12.4. The molecule has 5 heteroatoms. The molecular weight excluding hydrogens is 244 g/mol. The number of piperidine rings is 1. The second-order valence-electron chi connectivity index (χ2n) is 6.56. The minimum Gasteiger partial charge on any atom is -0.481 e. The number of hydrogen-bond acceptors (Lipinski definition) is 2. The maximum atomic E-state index is 12.1. The Labute approximate surface area is 115 Å². The van der Waals surface area contributed by atoms with Gasteiger partial charge in [0.25, 0.3) is 0 Å². The maximum Gasteiger partial charge on any atom is 0.317 e. The Morgan fingerprint density at radius 2 is 2.00 bits per heavy atom. The van der Waals surface area contributed by atoms with Crippen molar-refractivity contribution in [3.63, 3.8) is 0 Å². The van der Waals surface area contributed by atoms with Crippen molar-refractivity contribution in [1.29, 1.82) is 0 Å². The molecule has 1 rings (SSSR count). The molecule has 1 aliphatic heterocycles. The molecule has 2 amide bonds. The molecule has 0 bridgehead atoms. The Morgan fingerprint density at radius 3 is 2.47 bits per heavy atom. The molecule has 0 radical (unpaired) electrons. The minimum absolute atomic E-state index is 0.00981. The third kappa shape index (κ3) is 4.73. The molecule has 1 fully saturated rings. The van der Waals surface area contributed by atoms with Crippen LogP contribution in [0.2, 0.25) is 0 Å². The van der Waals surface area contributed by atoms with Crippen LogP contribution < -0.4 is 5.32 Å². The number of carboxylic acid groups (broad SMARTS) is 1.